The molecule has 2 saturated heterocycles. The van der Waals surface area contributed by atoms with Crippen molar-refractivity contribution in [3.8, 4) is 5.75 Å². The lowest BCUT2D eigenvalue weighted by Gasteiger charge is -2.45. The first kappa shape index (κ1) is 30.2. The summed E-state index contributed by atoms with van der Waals surface area (Å²) in [5, 5.41) is 102. The molecular formula is C27H33O15+. The van der Waals surface area contributed by atoms with Crippen molar-refractivity contribution in [3.05, 3.63) is 70.9 Å². The second kappa shape index (κ2) is 12.2. The van der Waals surface area contributed by atoms with E-state index < -0.39 is 80.7 Å². The normalized spacial score (nSPS) is 38.5. The number of phenols is 1. The van der Waals surface area contributed by atoms with E-state index in [1.165, 1.54) is 36.4 Å². The van der Waals surface area contributed by atoms with E-state index in [-0.39, 0.29) is 34.4 Å². The lowest BCUT2D eigenvalue weighted by Crippen LogP contribution is -2.64. The van der Waals surface area contributed by atoms with Gasteiger partial charge in [0.1, 0.15) is 60.0 Å². The summed E-state index contributed by atoms with van der Waals surface area (Å²) in [5.41, 5.74) is 0.661. The van der Waals surface area contributed by atoms with Gasteiger partial charge in [-0.25, -0.2) is 0 Å². The molecule has 5 rings (SSSR count). The van der Waals surface area contributed by atoms with Crippen LogP contribution in [0, 0.1) is 0 Å². The zero-order valence-corrected chi connectivity index (χ0v) is 21.9. The quantitative estimate of drug-likeness (QED) is 0.145. The van der Waals surface area contributed by atoms with E-state index in [1.54, 1.807) is 0 Å². The van der Waals surface area contributed by atoms with Crippen molar-refractivity contribution in [1.82, 2.24) is 0 Å². The van der Waals surface area contributed by atoms with Crippen LogP contribution in [0.5, 0.6) is 5.75 Å². The predicted molar refractivity (Wildman–Crippen MR) is 138 cm³/mol. The van der Waals surface area contributed by atoms with E-state index >= 15 is 0 Å². The first-order chi connectivity index (χ1) is 20.0. The number of fused-ring (bicyclic) bond motifs is 1. The minimum absolute atomic E-state index is 0.0313. The van der Waals surface area contributed by atoms with Crippen molar-refractivity contribution in [2.24, 2.45) is 0 Å². The minimum Gasteiger partial charge on any atom is -0.571 e. The summed E-state index contributed by atoms with van der Waals surface area (Å²) in [7, 11) is 0. The lowest BCUT2D eigenvalue weighted by atomic mass is 9.96. The maximum Gasteiger partial charge on any atom is 0.305 e. The fraction of sp³-hybridized carbons (Fsp3) is 0.481. The predicted octanol–water partition coefficient (Wildman–Crippen LogP) is -2.56. The van der Waals surface area contributed by atoms with Crippen LogP contribution in [0.2, 0.25) is 0 Å². The number of rotatable bonds is 7. The Morgan fingerprint density at radius 1 is 0.738 bits per heavy atom. The summed E-state index contributed by atoms with van der Waals surface area (Å²) in [4.78, 5) is 0. The number of allylic oxidation sites excluding steroid dienone is 2. The average molecular weight is 598 g/mol. The molecular weight excluding hydrogens is 564 g/mol. The Labute approximate surface area is 238 Å². The van der Waals surface area contributed by atoms with Gasteiger partial charge >= 0.3 is 5.76 Å². The molecule has 0 aromatic heterocycles. The number of benzene rings is 1. The first-order valence-electron chi connectivity index (χ1n) is 13.1. The van der Waals surface area contributed by atoms with E-state index in [0.29, 0.717) is 5.56 Å². The number of hydrogen-bond acceptors (Lipinski definition) is 14. The highest BCUT2D eigenvalue weighted by Gasteiger charge is 2.52. The standard InChI is InChI=1S/C27H32O15/c28-8-17-19(33)21(35)23(37)26(40-17)42-25-22(36)20(34)18(9-29)41-27(25)39-16-7-13-14(32)5-12(31)6-15(13)38-24(16)10-1-3-11(30)4-2-10/h1-7,15,17-23,25-37H,8-9H2/p+1. The number of ether oxygens (including phenoxy) is 5. The molecule has 15 nitrogen and oxygen atoms in total. The van der Waals surface area contributed by atoms with Crippen molar-refractivity contribution in [1.29, 1.82) is 0 Å². The molecule has 0 radical (unpaired) electrons. The molecule has 11 atom stereocenters. The molecule has 0 amide bonds. The Kier molecular flexibility index (Phi) is 8.77. The molecule has 0 bridgehead atoms. The first-order valence-corrected chi connectivity index (χ1v) is 13.1. The van der Waals surface area contributed by atoms with E-state index in [2.05, 4.69) is 4.74 Å². The highest BCUT2D eigenvalue weighted by molar-refractivity contribution is 5.67. The topological polar surface area (TPSA) is 252 Å². The molecule has 0 spiro atoms. The van der Waals surface area contributed by atoms with E-state index in [9.17, 15) is 51.1 Å². The SMILES string of the molecule is OCC1OC(OC2C(OC3=C(c4ccc(O)cc4)[OH+]C4C=C(O)C=C(O)C4=C3)OC(CO)C(O)C2O)C(O)C(O)C1O. The van der Waals surface area contributed by atoms with E-state index in [4.69, 9.17) is 18.9 Å². The van der Waals surface area contributed by atoms with Gasteiger partial charge in [-0.05, 0) is 24.3 Å². The fourth-order valence-electron chi connectivity index (χ4n) is 5.03. The summed E-state index contributed by atoms with van der Waals surface area (Å²) in [6, 6.07) is 5.84. The molecule has 230 valence electrons. The largest absolute Gasteiger partial charge is 0.571 e. The third kappa shape index (κ3) is 5.71. The molecule has 0 saturated carbocycles. The smallest absolute Gasteiger partial charge is 0.305 e. The third-order valence-corrected chi connectivity index (χ3v) is 7.36. The highest BCUT2D eigenvalue weighted by atomic mass is 16.8. The second-order valence-corrected chi connectivity index (χ2v) is 10.2. The number of aromatic hydroxyl groups is 1. The molecule has 1 aromatic rings. The lowest BCUT2D eigenvalue weighted by molar-refractivity contribution is -0.363. The average Bonchev–Trinajstić information content (AvgIpc) is 2.97. The van der Waals surface area contributed by atoms with Crippen molar-refractivity contribution in [2.45, 2.75) is 67.5 Å². The van der Waals surface area contributed by atoms with Crippen molar-refractivity contribution in [3.63, 3.8) is 0 Å². The number of aliphatic hydroxyl groups is 11. The van der Waals surface area contributed by atoms with E-state index in [1.807, 2.05) is 0 Å². The van der Waals surface area contributed by atoms with Gasteiger partial charge in [-0.15, -0.1) is 0 Å². The molecule has 3 heterocycles. The summed E-state index contributed by atoms with van der Waals surface area (Å²) >= 11 is 0. The Bertz CT molecular complexity index is 1250. The molecule has 42 heavy (non-hydrogen) atoms. The number of hydrogen-bond donors (Lipinski definition) is 10. The molecule has 11 unspecified atom stereocenters. The molecule has 1 aromatic carbocycles. The Hall–Kier alpha value is -3.22. The molecule has 3 aliphatic heterocycles. The minimum atomic E-state index is -1.86. The van der Waals surface area contributed by atoms with Crippen molar-refractivity contribution < 1.29 is 74.7 Å². The highest BCUT2D eigenvalue weighted by Crippen LogP contribution is 2.37. The van der Waals surface area contributed by atoms with Crippen LogP contribution in [-0.2, 0) is 18.9 Å². The molecule has 1 aliphatic carbocycles. The molecule has 11 N–H and O–H groups in total. The van der Waals surface area contributed by atoms with Gasteiger partial charge in [0.15, 0.2) is 12.4 Å². The van der Waals surface area contributed by atoms with Gasteiger partial charge in [-0.2, -0.15) is 0 Å². The maximum absolute atomic E-state index is 11.0. The molecule has 2 fully saturated rings. The van der Waals surface area contributed by atoms with Gasteiger partial charge in [0.2, 0.25) is 18.2 Å². The fourth-order valence-corrected chi connectivity index (χ4v) is 5.03. The Balaban J connectivity index is 1.51. The van der Waals surface area contributed by atoms with Crippen LogP contribution in [0.4, 0.5) is 0 Å². The van der Waals surface area contributed by atoms with Gasteiger partial charge in [-0.3, -0.25) is 0 Å². The summed E-state index contributed by atoms with van der Waals surface area (Å²) in [6.07, 6.45) is -13.5. The van der Waals surface area contributed by atoms with Gasteiger partial charge in [0, 0.05) is 12.2 Å². The van der Waals surface area contributed by atoms with E-state index in [0.717, 1.165) is 6.08 Å². The van der Waals surface area contributed by atoms with Crippen LogP contribution in [0.15, 0.2) is 65.3 Å². The van der Waals surface area contributed by atoms with Gasteiger partial charge in [0.25, 0.3) is 0 Å². The van der Waals surface area contributed by atoms with Gasteiger partial charge in [0.05, 0.1) is 30.4 Å². The van der Waals surface area contributed by atoms with Gasteiger partial charge < -0.3 is 74.7 Å². The summed E-state index contributed by atoms with van der Waals surface area (Å²) in [5.74, 6) is -0.444. The van der Waals surface area contributed by atoms with Crippen LogP contribution >= 0.6 is 0 Å². The maximum atomic E-state index is 11.0. The Morgan fingerprint density at radius 2 is 1.36 bits per heavy atom. The third-order valence-electron chi connectivity index (χ3n) is 7.36. The van der Waals surface area contributed by atoms with Crippen LogP contribution in [0.1, 0.15) is 5.56 Å². The number of phenolic OH excluding ortho intramolecular Hbond substituents is 1. The molecule has 4 aliphatic rings. The zero-order valence-electron chi connectivity index (χ0n) is 21.9. The monoisotopic (exact) mass is 597 g/mol. The Morgan fingerprint density at radius 3 is 2.00 bits per heavy atom. The van der Waals surface area contributed by atoms with Crippen molar-refractivity contribution >= 4 is 5.76 Å². The number of aliphatic hydroxyl groups excluding tert-OH is 9. The summed E-state index contributed by atoms with van der Waals surface area (Å²) < 4.78 is 27.5. The van der Waals surface area contributed by atoms with Crippen molar-refractivity contribution in [2.75, 3.05) is 13.2 Å². The van der Waals surface area contributed by atoms with Crippen LogP contribution in [0.25, 0.3) is 5.76 Å². The van der Waals surface area contributed by atoms with Gasteiger partial charge in [-0.1, -0.05) is 0 Å². The molecule has 15 heteroatoms. The zero-order chi connectivity index (χ0) is 30.3. The second-order valence-electron chi connectivity index (χ2n) is 10.2. The van der Waals surface area contributed by atoms with Crippen LogP contribution in [0.3, 0.4) is 0 Å². The summed E-state index contributed by atoms with van der Waals surface area (Å²) in [6.45, 7) is -1.49. The van der Waals surface area contributed by atoms with Crippen LogP contribution < -0.4 is 0 Å². The van der Waals surface area contributed by atoms with Crippen LogP contribution in [-0.4, -0.2) is 137 Å².